The predicted molar refractivity (Wildman–Crippen MR) is 175 cm³/mol. The van der Waals surface area contributed by atoms with Crippen LogP contribution in [-0.4, -0.2) is 74.1 Å². The fourth-order valence-corrected chi connectivity index (χ4v) is 5.34. The van der Waals surface area contributed by atoms with Crippen molar-refractivity contribution in [3.63, 3.8) is 0 Å². The van der Waals surface area contributed by atoms with Crippen molar-refractivity contribution >= 4 is 34.9 Å². The molecule has 0 aliphatic carbocycles. The third-order valence-corrected chi connectivity index (χ3v) is 7.26. The van der Waals surface area contributed by atoms with Crippen LogP contribution in [0.15, 0.2) is 43.1 Å². The number of halogens is 1. The van der Waals surface area contributed by atoms with Crippen molar-refractivity contribution < 1.29 is 28.2 Å². The van der Waals surface area contributed by atoms with Crippen LogP contribution in [0.1, 0.15) is 59.9 Å². The molecule has 1 aromatic carbocycles. The number of anilines is 2. The summed E-state index contributed by atoms with van der Waals surface area (Å²) < 4.78 is 32.5. The van der Waals surface area contributed by atoms with Crippen molar-refractivity contribution in [1.29, 1.82) is 0 Å². The standard InChI is InChI=1S/C33H41FN8O5/c1-32(2,3)46-30(43)39-22-9-8-12-41(17-22)25-15-35-24(20-10-11-26(45-7)23(34)13-20)14-21(25)16-42-19-38-27-28(36-18-37-29(27)42)40-31(44)47-33(4,5)6/h10-11,13-15,18-19,22H,8-9,12,16-17H2,1-7H3,(H,39,43)(H,36,37,40,44). The number of imidazole rings is 1. The second-order valence-electron chi connectivity index (χ2n) is 13.4. The van der Waals surface area contributed by atoms with Gasteiger partial charge in [-0.2, -0.15) is 0 Å². The van der Waals surface area contributed by atoms with Gasteiger partial charge < -0.3 is 29.0 Å². The molecule has 2 N–H and O–H groups in total. The molecule has 0 saturated carbocycles. The van der Waals surface area contributed by atoms with Crippen molar-refractivity contribution in [3.05, 3.63) is 54.5 Å². The van der Waals surface area contributed by atoms with Gasteiger partial charge in [-0.25, -0.2) is 28.9 Å². The molecule has 3 aromatic heterocycles. The van der Waals surface area contributed by atoms with Crippen LogP contribution < -0.4 is 20.3 Å². The monoisotopic (exact) mass is 648 g/mol. The van der Waals surface area contributed by atoms with Gasteiger partial charge >= 0.3 is 12.2 Å². The summed E-state index contributed by atoms with van der Waals surface area (Å²) in [7, 11) is 1.42. The second kappa shape index (κ2) is 13.4. The molecule has 14 heteroatoms. The zero-order valence-corrected chi connectivity index (χ0v) is 27.8. The van der Waals surface area contributed by atoms with Crippen molar-refractivity contribution in [2.75, 3.05) is 30.4 Å². The number of amides is 2. The first kappa shape index (κ1) is 33.4. The van der Waals surface area contributed by atoms with E-state index in [1.54, 1.807) is 45.4 Å². The Labute approximate surface area is 272 Å². The maximum atomic E-state index is 14.7. The lowest BCUT2D eigenvalue weighted by Gasteiger charge is -2.36. The van der Waals surface area contributed by atoms with Gasteiger partial charge in [-0.05, 0) is 84.2 Å². The zero-order valence-electron chi connectivity index (χ0n) is 27.8. The molecule has 0 bridgehead atoms. The number of fused-ring (bicyclic) bond motifs is 1. The summed E-state index contributed by atoms with van der Waals surface area (Å²) >= 11 is 0. The quantitative estimate of drug-likeness (QED) is 0.247. The molecule has 13 nitrogen and oxygen atoms in total. The number of rotatable bonds is 7. The van der Waals surface area contributed by atoms with Crippen LogP contribution in [0.2, 0.25) is 0 Å². The molecule has 4 heterocycles. The average Bonchev–Trinajstić information content (AvgIpc) is 3.39. The number of nitrogens with zero attached hydrogens (tertiary/aromatic N) is 6. The number of ether oxygens (including phenoxy) is 3. The molecule has 47 heavy (non-hydrogen) atoms. The first-order valence-electron chi connectivity index (χ1n) is 15.4. The molecule has 1 saturated heterocycles. The van der Waals surface area contributed by atoms with Crippen molar-refractivity contribution in [1.82, 2.24) is 29.8 Å². The summed E-state index contributed by atoms with van der Waals surface area (Å²) in [6.45, 7) is 12.4. The number of pyridine rings is 1. The molecule has 5 rings (SSSR count). The minimum absolute atomic E-state index is 0.134. The fourth-order valence-electron chi connectivity index (χ4n) is 5.34. The van der Waals surface area contributed by atoms with Gasteiger partial charge in [0.25, 0.3) is 0 Å². The van der Waals surface area contributed by atoms with Gasteiger partial charge in [-0.15, -0.1) is 0 Å². The first-order chi connectivity index (χ1) is 22.2. The largest absolute Gasteiger partial charge is 0.494 e. The summed E-state index contributed by atoms with van der Waals surface area (Å²) in [5, 5.41) is 5.67. The zero-order chi connectivity index (χ0) is 33.9. The van der Waals surface area contributed by atoms with E-state index in [0.29, 0.717) is 35.5 Å². The first-order valence-corrected chi connectivity index (χ1v) is 15.4. The summed E-state index contributed by atoms with van der Waals surface area (Å²) in [5.74, 6) is -0.130. The third kappa shape index (κ3) is 8.43. The Kier molecular flexibility index (Phi) is 9.50. The maximum Gasteiger partial charge on any atom is 0.413 e. The number of carbonyl (C=O) groups is 2. The van der Waals surface area contributed by atoms with Gasteiger partial charge in [0.05, 0.1) is 37.6 Å². The highest BCUT2D eigenvalue weighted by molar-refractivity contribution is 5.93. The van der Waals surface area contributed by atoms with Gasteiger partial charge in [0, 0.05) is 24.7 Å². The Morgan fingerprint density at radius 2 is 1.74 bits per heavy atom. The van der Waals surface area contributed by atoms with Crippen LogP contribution in [0.5, 0.6) is 5.75 Å². The van der Waals surface area contributed by atoms with Gasteiger partial charge in [-0.1, -0.05) is 0 Å². The molecule has 0 radical (unpaired) electrons. The highest BCUT2D eigenvalue weighted by atomic mass is 19.1. The lowest BCUT2D eigenvalue weighted by Crippen LogP contribution is -2.49. The molecule has 1 fully saturated rings. The van der Waals surface area contributed by atoms with Crippen LogP contribution in [0.4, 0.5) is 25.5 Å². The van der Waals surface area contributed by atoms with Crippen molar-refractivity contribution in [2.45, 2.75) is 78.2 Å². The van der Waals surface area contributed by atoms with E-state index in [-0.39, 0.29) is 17.6 Å². The number of methoxy groups -OCH3 is 1. The van der Waals surface area contributed by atoms with E-state index in [1.807, 2.05) is 31.4 Å². The molecular formula is C33H41FN8O5. The van der Waals surface area contributed by atoms with Crippen LogP contribution in [0.3, 0.4) is 0 Å². The van der Waals surface area contributed by atoms with Crippen LogP contribution >= 0.6 is 0 Å². The second-order valence-corrected chi connectivity index (χ2v) is 13.4. The molecular weight excluding hydrogens is 607 g/mol. The smallest absolute Gasteiger partial charge is 0.413 e. The Hall–Kier alpha value is -5.01. The van der Waals surface area contributed by atoms with Crippen molar-refractivity contribution in [2.24, 2.45) is 0 Å². The Bertz CT molecular complexity index is 1760. The van der Waals surface area contributed by atoms with Crippen LogP contribution in [0, 0.1) is 5.82 Å². The van der Waals surface area contributed by atoms with Crippen LogP contribution in [-0.2, 0) is 16.0 Å². The lowest BCUT2D eigenvalue weighted by atomic mass is 10.0. The number of nitrogens with one attached hydrogen (secondary N) is 2. The van der Waals surface area contributed by atoms with E-state index in [2.05, 4.69) is 30.5 Å². The highest BCUT2D eigenvalue weighted by Crippen LogP contribution is 2.31. The van der Waals surface area contributed by atoms with Gasteiger partial charge in [0.2, 0.25) is 0 Å². The molecule has 0 spiro atoms. The molecule has 1 aliphatic heterocycles. The lowest BCUT2D eigenvalue weighted by molar-refractivity contribution is 0.0499. The van der Waals surface area contributed by atoms with E-state index in [9.17, 15) is 14.0 Å². The average molecular weight is 649 g/mol. The molecule has 1 aliphatic rings. The number of carbonyl (C=O) groups excluding carboxylic acids is 2. The topological polar surface area (TPSA) is 146 Å². The van der Waals surface area contributed by atoms with Gasteiger partial charge in [-0.3, -0.25) is 10.3 Å². The fraction of sp³-hybridized carbons (Fsp3) is 0.455. The molecule has 250 valence electrons. The van der Waals surface area contributed by atoms with E-state index in [0.717, 1.165) is 30.6 Å². The van der Waals surface area contributed by atoms with E-state index in [4.69, 9.17) is 19.2 Å². The number of alkyl carbamates (subject to hydrolysis) is 1. The SMILES string of the molecule is COc1ccc(-c2cc(Cn3cnc4c(NC(=O)OC(C)(C)C)ncnc43)c(N3CCCC(NC(=O)OC(C)(C)C)C3)cn2)cc1F. The number of hydrogen-bond acceptors (Lipinski definition) is 10. The Morgan fingerprint density at radius 1 is 1.00 bits per heavy atom. The van der Waals surface area contributed by atoms with E-state index < -0.39 is 29.2 Å². The minimum Gasteiger partial charge on any atom is -0.494 e. The van der Waals surface area contributed by atoms with Crippen molar-refractivity contribution in [3.8, 4) is 17.0 Å². The van der Waals surface area contributed by atoms with E-state index >= 15 is 0 Å². The molecule has 1 atom stereocenters. The van der Waals surface area contributed by atoms with Gasteiger partial charge in [0.1, 0.15) is 17.5 Å². The van der Waals surface area contributed by atoms with Gasteiger partial charge in [0.15, 0.2) is 28.5 Å². The highest BCUT2D eigenvalue weighted by Gasteiger charge is 2.27. The Morgan fingerprint density at radius 3 is 2.45 bits per heavy atom. The third-order valence-electron chi connectivity index (χ3n) is 7.26. The summed E-state index contributed by atoms with van der Waals surface area (Å²) in [4.78, 5) is 45.1. The van der Waals surface area contributed by atoms with Crippen LogP contribution in [0.25, 0.3) is 22.4 Å². The molecule has 2 amide bonds. The summed E-state index contributed by atoms with van der Waals surface area (Å²) in [5.41, 5.74) is 2.46. The number of hydrogen-bond donors (Lipinski definition) is 2. The Balaban J connectivity index is 1.48. The maximum absolute atomic E-state index is 14.7. The minimum atomic E-state index is -0.687. The molecule has 1 unspecified atom stereocenters. The number of benzene rings is 1. The predicted octanol–water partition coefficient (Wildman–Crippen LogP) is 5.92. The number of aromatic nitrogens is 5. The summed E-state index contributed by atoms with van der Waals surface area (Å²) in [6.07, 6.45) is 5.28. The normalized spacial score (nSPS) is 15.3. The summed E-state index contributed by atoms with van der Waals surface area (Å²) in [6, 6.07) is 6.49. The number of piperidine rings is 1. The molecule has 4 aromatic rings. The van der Waals surface area contributed by atoms with E-state index in [1.165, 1.54) is 19.5 Å².